The Hall–Kier alpha value is -2.53. The van der Waals surface area contributed by atoms with Crippen LogP contribution in [0.5, 0.6) is 5.75 Å². The van der Waals surface area contributed by atoms with E-state index in [2.05, 4.69) is 0 Å². The highest BCUT2D eigenvalue weighted by Gasteiger charge is 2.22. The number of para-hydroxylation sites is 2. The third-order valence-electron chi connectivity index (χ3n) is 5.49. The van der Waals surface area contributed by atoms with Crippen molar-refractivity contribution < 1.29 is 13.9 Å². The lowest BCUT2D eigenvalue weighted by Crippen LogP contribution is -2.22. The molecular weight excluding hydrogens is 493 g/mol. The fourth-order valence-corrected chi connectivity index (χ4v) is 6.28. The summed E-state index contributed by atoms with van der Waals surface area (Å²) in [4.78, 5) is 18.7. The maximum Gasteiger partial charge on any atom is 0.278 e. The van der Waals surface area contributed by atoms with E-state index in [4.69, 9.17) is 26.7 Å². The van der Waals surface area contributed by atoms with Gasteiger partial charge in [0.2, 0.25) is 0 Å². The van der Waals surface area contributed by atoms with Crippen LogP contribution in [0.3, 0.4) is 0 Å². The molecule has 6 nitrogen and oxygen atoms in total. The Bertz CT molecular complexity index is 1440. The Kier molecular flexibility index (Phi) is 6.82. The molecule has 0 radical (unpaired) electrons. The van der Waals surface area contributed by atoms with Gasteiger partial charge in [0, 0.05) is 12.4 Å². The Morgan fingerprint density at radius 3 is 2.76 bits per heavy atom. The summed E-state index contributed by atoms with van der Waals surface area (Å²) in [6, 6.07) is 13.4. The molecule has 1 unspecified atom stereocenters. The maximum absolute atomic E-state index is 13.7. The van der Waals surface area contributed by atoms with Crippen LogP contribution < -0.4 is 10.3 Å². The summed E-state index contributed by atoms with van der Waals surface area (Å²) in [6.45, 7) is 3.17. The predicted octanol–water partition coefficient (Wildman–Crippen LogP) is 5.78. The highest BCUT2D eigenvalue weighted by molar-refractivity contribution is 7.99. The SMILES string of the molecule is CCOc1ccccc1-n1c(=S)sc2c(=O)n(-c3ccc(F)cc3)c(SCC3CCCO3)nc21. The Morgan fingerprint density at radius 2 is 2.03 bits per heavy atom. The summed E-state index contributed by atoms with van der Waals surface area (Å²) < 4.78 is 29.4. The summed E-state index contributed by atoms with van der Waals surface area (Å²) in [7, 11) is 0. The van der Waals surface area contributed by atoms with Crippen molar-refractivity contribution in [1.29, 1.82) is 0 Å². The van der Waals surface area contributed by atoms with Gasteiger partial charge in [-0.1, -0.05) is 35.2 Å². The molecule has 2 aromatic heterocycles. The van der Waals surface area contributed by atoms with Crippen molar-refractivity contribution in [3.05, 3.63) is 68.7 Å². The van der Waals surface area contributed by atoms with Gasteiger partial charge < -0.3 is 9.47 Å². The number of ether oxygens (including phenoxy) is 2. The van der Waals surface area contributed by atoms with Crippen LogP contribution in [-0.4, -0.2) is 39.2 Å². The van der Waals surface area contributed by atoms with Crippen LogP contribution in [0.1, 0.15) is 19.8 Å². The zero-order valence-electron chi connectivity index (χ0n) is 18.4. The average molecular weight is 516 g/mol. The van der Waals surface area contributed by atoms with Crippen LogP contribution in [0.15, 0.2) is 58.5 Å². The van der Waals surface area contributed by atoms with Gasteiger partial charge in [0.05, 0.1) is 24.1 Å². The summed E-state index contributed by atoms with van der Waals surface area (Å²) in [6.07, 6.45) is 2.12. The van der Waals surface area contributed by atoms with Crippen molar-refractivity contribution in [3.63, 3.8) is 0 Å². The van der Waals surface area contributed by atoms with E-state index in [9.17, 15) is 9.18 Å². The Morgan fingerprint density at radius 1 is 1.24 bits per heavy atom. The van der Waals surface area contributed by atoms with Crippen molar-refractivity contribution in [2.75, 3.05) is 19.0 Å². The standard InChI is InChI=1S/C24H22FN3O3S3/c1-2-30-19-8-4-3-7-18(19)28-21-20(34-24(28)32)22(29)27(16-11-9-15(25)10-12-16)23(26-21)33-14-17-6-5-13-31-17/h3-4,7-12,17H,2,5-6,13-14H2,1H3. The third kappa shape index (κ3) is 4.43. The molecule has 0 N–H and O–H groups in total. The molecule has 0 amide bonds. The maximum atomic E-state index is 13.7. The van der Waals surface area contributed by atoms with E-state index in [1.165, 1.54) is 39.8 Å². The largest absolute Gasteiger partial charge is 0.492 e. The lowest BCUT2D eigenvalue weighted by Gasteiger charge is -2.15. The molecule has 4 aromatic rings. The van der Waals surface area contributed by atoms with Crippen LogP contribution in [0.2, 0.25) is 0 Å². The number of aromatic nitrogens is 3. The Labute approximate surface area is 209 Å². The molecule has 1 fully saturated rings. The number of benzene rings is 2. The molecule has 176 valence electrons. The van der Waals surface area contributed by atoms with Gasteiger partial charge in [0.25, 0.3) is 5.56 Å². The minimum absolute atomic E-state index is 0.113. The highest BCUT2D eigenvalue weighted by Crippen LogP contribution is 2.32. The minimum atomic E-state index is -0.367. The molecule has 1 aliphatic heterocycles. The normalized spacial score (nSPS) is 15.8. The molecular formula is C24H22FN3O3S3. The van der Waals surface area contributed by atoms with Gasteiger partial charge in [0.1, 0.15) is 16.3 Å². The van der Waals surface area contributed by atoms with Crippen LogP contribution >= 0.6 is 35.3 Å². The first kappa shape index (κ1) is 23.2. The molecule has 5 rings (SSSR count). The second-order valence-electron chi connectivity index (χ2n) is 7.71. The van der Waals surface area contributed by atoms with Crippen molar-refractivity contribution in [1.82, 2.24) is 14.1 Å². The summed E-state index contributed by atoms with van der Waals surface area (Å²) in [5.41, 5.74) is 1.54. The van der Waals surface area contributed by atoms with Crippen LogP contribution in [0.25, 0.3) is 21.7 Å². The van der Waals surface area contributed by atoms with E-state index >= 15 is 0 Å². The van der Waals surface area contributed by atoms with Crippen LogP contribution in [0, 0.1) is 9.77 Å². The molecule has 1 saturated heterocycles. The van der Waals surface area contributed by atoms with Crippen LogP contribution in [0.4, 0.5) is 4.39 Å². The van der Waals surface area contributed by atoms with Gasteiger partial charge in [-0.2, -0.15) is 0 Å². The third-order valence-corrected chi connectivity index (χ3v) is 7.91. The van der Waals surface area contributed by atoms with Crippen molar-refractivity contribution in [3.8, 4) is 17.1 Å². The molecule has 1 aliphatic rings. The number of nitrogens with zero attached hydrogens (tertiary/aromatic N) is 3. The van der Waals surface area contributed by atoms with E-state index < -0.39 is 0 Å². The average Bonchev–Trinajstić information content (AvgIpc) is 3.47. The van der Waals surface area contributed by atoms with Crippen molar-refractivity contribution >= 4 is 45.7 Å². The van der Waals surface area contributed by atoms with Gasteiger partial charge in [-0.25, -0.2) is 9.37 Å². The fourth-order valence-electron chi connectivity index (χ4n) is 3.93. The van der Waals surface area contributed by atoms with Crippen molar-refractivity contribution in [2.45, 2.75) is 31.0 Å². The van der Waals surface area contributed by atoms with E-state index in [1.54, 1.807) is 16.7 Å². The van der Waals surface area contributed by atoms with Gasteiger partial charge in [-0.3, -0.25) is 13.9 Å². The highest BCUT2D eigenvalue weighted by atomic mass is 32.2. The molecule has 3 heterocycles. The van der Waals surface area contributed by atoms with Crippen molar-refractivity contribution in [2.24, 2.45) is 0 Å². The number of hydrogen-bond donors (Lipinski definition) is 0. The zero-order chi connectivity index (χ0) is 23.7. The zero-order valence-corrected chi connectivity index (χ0v) is 20.9. The lowest BCUT2D eigenvalue weighted by atomic mass is 10.3. The fraction of sp³-hybridized carbons (Fsp3) is 0.292. The van der Waals surface area contributed by atoms with Crippen LogP contribution in [-0.2, 0) is 4.74 Å². The minimum Gasteiger partial charge on any atom is -0.492 e. The van der Waals surface area contributed by atoms with E-state index in [-0.39, 0.29) is 17.5 Å². The number of thioether (sulfide) groups is 1. The molecule has 0 spiro atoms. The summed E-state index contributed by atoms with van der Waals surface area (Å²) in [5, 5.41) is 0.509. The van der Waals surface area contributed by atoms with Gasteiger partial charge >= 0.3 is 0 Å². The first-order valence-corrected chi connectivity index (χ1v) is 13.2. The molecule has 0 saturated carbocycles. The quantitative estimate of drug-likeness (QED) is 0.177. The van der Waals surface area contributed by atoms with E-state index in [0.717, 1.165) is 25.1 Å². The smallest absolute Gasteiger partial charge is 0.278 e. The van der Waals surface area contributed by atoms with Gasteiger partial charge in [-0.05, 0) is 68.4 Å². The van der Waals surface area contributed by atoms with Gasteiger partial charge in [0.15, 0.2) is 14.8 Å². The number of rotatable bonds is 7. The molecule has 0 bridgehead atoms. The monoisotopic (exact) mass is 515 g/mol. The first-order chi connectivity index (χ1) is 16.6. The number of halogens is 1. The van der Waals surface area contributed by atoms with E-state index in [0.29, 0.717) is 43.3 Å². The predicted molar refractivity (Wildman–Crippen MR) is 136 cm³/mol. The lowest BCUT2D eigenvalue weighted by molar-refractivity contribution is 0.129. The second kappa shape index (κ2) is 9.99. The Balaban J connectivity index is 1.72. The molecule has 1 atom stereocenters. The number of thiazole rings is 1. The second-order valence-corrected chi connectivity index (χ2v) is 10.3. The first-order valence-electron chi connectivity index (χ1n) is 11.0. The molecule has 2 aromatic carbocycles. The molecule has 34 heavy (non-hydrogen) atoms. The summed E-state index contributed by atoms with van der Waals surface area (Å²) >= 11 is 8.34. The molecule has 10 heteroatoms. The topological polar surface area (TPSA) is 58.3 Å². The number of fused-ring (bicyclic) bond motifs is 1. The number of hydrogen-bond acceptors (Lipinski definition) is 7. The summed E-state index contributed by atoms with van der Waals surface area (Å²) in [5.74, 6) is 0.965. The van der Waals surface area contributed by atoms with Gasteiger partial charge in [-0.15, -0.1) is 0 Å². The molecule has 0 aliphatic carbocycles. The van der Waals surface area contributed by atoms with E-state index in [1.807, 2.05) is 31.2 Å².